The molecule has 0 nitrogen and oxygen atoms in total. The lowest BCUT2D eigenvalue weighted by atomic mass is 9.90. The van der Waals surface area contributed by atoms with Gasteiger partial charge < -0.3 is 0 Å². The molecule has 0 amide bonds. The van der Waals surface area contributed by atoms with Crippen molar-refractivity contribution in [1.29, 1.82) is 0 Å². The third kappa shape index (κ3) is 2.23. The van der Waals surface area contributed by atoms with Crippen LogP contribution >= 0.6 is 45.9 Å². The van der Waals surface area contributed by atoms with Crippen LogP contribution in [-0.4, -0.2) is 0 Å². The summed E-state index contributed by atoms with van der Waals surface area (Å²) in [4.78, 5) is 2.54. The standard InChI is InChI=1S/C11H10Cl2S2/c1-11(2,7-3-5-9(12)14-7)8-4-6-10(13)15-8/h3-6H,1-2H3. The molecule has 0 saturated carbocycles. The quantitative estimate of drug-likeness (QED) is 0.685. The van der Waals surface area contributed by atoms with Crippen molar-refractivity contribution in [1.82, 2.24) is 0 Å². The molecule has 2 heterocycles. The lowest BCUT2D eigenvalue weighted by Crippen LogP contribution is -2.14. The summed E-state index contributed by atoms with van der Waals surface area (Å²) in [7, 11) is 0. The molecule has 0 atom stereocenters. The summed E-state index contributed by atoms with van der Waals surface area (Å²) >= 11 is 15.2. The van der Waals surface area contributed by atoms with E-state index in [-0.39, 0.29) is 5.41 Å². The smallest absolute Gasteiger partial charge is 0.0931 e. The topological polar surface area (TPSA) is 0 Å². The minimum atomic E-state index is -0.00435. The Hall–Kier alpha value is -0.0200. The summed E-state index contributed by atoms with van der Waals surface area (Å²) in [6.45, 7) is 4.38. The molecule has 0 N–H and O–H groups in total. The van der Waals surface area contributed by atoms with E-state index in [0.717, 1.165) is 8.67 Å². The van der Waals surface area contributed by atoms with Crippen molar-refractivity contribution < 1.29 is 0 Å². The molecule has 0 saturated heterocycles. The van der Waals surface area contributed by atoms with Gasteiger partial charge >= 0.3 is 0 Å². The van der Waals surface area contributed by atoms with Gasteiger partial charge in [0.1, 0.15) is 0 Å². The van der Waals surface area contributed by atoms with Crippen LogP contribution in [0.5, 0.6) is 0 Å². The lowest BCUT2D eigenvalue weighted by Gasteiger charge is -2.21. The van der Waals surface area contributed by atoms with E-state index in [4.69, 9.17) is 23.2 Å². The Morgan fingerprint density at radius 1 is 0.867 bits per heavy atom. The molecular formula is C11H10Cl2S2. The van der Waals surface area contributed by atoms with Gasteiger partial charge in [0.25, 0.3) is 0 Å². The number of thiophene rings is 2. The summed E-state index contributed by atoms with van der Waals surface area (Å²) in [6, 6.07) is 8.05. The number of hydrogen-bond acceptors (Lipinski definition) is 2. The Bertz CT molecular complexity index is 426. The van der Waals surface area contributed by atoms with E-state index in [9.17, 15) is 0 Å². The fraction of sp³-hybridized carbons (Fsp3) is 0.273. The second kappa shape index (κ2) is 4.10. The molecule has 80 valence electrons. The highest BCUT2D eigenvalue weighted by Crippen LogP contribution is 2.41. The second-order valence-electron chi connectivity index (χ2n) is 3.83. The highest BCUT2D eigenvalue weighted by atomic mass is 35.5. The molecule has 2 aromatic heterocycles. The van der Waals surface area contributed by atoms with Gasteiger partial charge in [0.15, 0.2) is 0 Å². The zero-order chi connectivity index (χ0) is 11.1. The zero-order valence-corrected chi connectivity index (χ0v) is 11.5. The summed E-state index contributed by atoms with van der Waals surface area (Å²) in [5, 5.41) is 0. The van der Waals surface area contributed by atoms with E-state index in [0.29, 0.717) is 0 Å². The van der Waals surface area contributed by atoms with Gasteiger partial charge in [-0.15, -0.1) is 22.7 Å². The van der Waals surface area contributed by atoms with E-state index >= 15 is 0 Å². The van der Waals surface area contributed by atoms with E-state index < -0.39 is 0 Å². The minimum absolute atomic E-state index is 0.00435. The van der Waals surface area contributed by atoms with Gasteiger partial charge in [0.2, 0.25) is 0 Å². The molecule has 0 bridgehead atoms. The van der Waals surface area contributed by atoms with Crippen LogP contribution in [0, 0.1) is 0 Å². The highest BCUT2D eigenvalue weighted by Gasteiger charge is 2.26. The molecule has 0 aliphatic rings. The van der Waals surface area contributed by atoms with Gasteiger partial charge in [-0.2, -0.15) is 0 Å². The van der Waals surface area contributed by atoms with Gasteiger partial charge in [-0.05, 0) is 24.3 Å². The van der Waals surface area contributed by atoms with E-state index in [2.05, 4.69) is 26.0 Å². The lowest BCUT2D eigenvalue weighted by molar-refractivity contribution is 0.671. The summed E-state index contributed by atoms with van der Waals surface area (Å²) in [5.41, 5.74) is -0.00435. The Morgan fingerprint density at radius 2 is 1.27 bits per heavy atom. The fourth-order valence-corrected chi connectivity index (χ4v) is 3.81. The number of hydrogen-bond donors (Lipinski definition) is 0. The molecular weight excluding hydrogens is 267 g/mol. The average Bonchev–Trinajstić information content (AvgIpc) is 2.74. The monoisotopic (exact) mass is 276 g/mol. The van der Waals surface area contributed by atoms with Crippen molar-refractivity contribution >= 4 is 45.9 Å². The molecule has 0 unspecified atom stereocenters. The molecule has 0 aromatic carbocycles. The first-order valence-corrected chi connectivity index (χ1v) is 6.90. The molecule has 0 radical (unpaired) electrons. The molecule has 2 rings (SSSR count). The van der Waals surface area contributed by atoms with Crippen molar-refractivity contribution in [3.8, 4) is 0 Å². The van der Waals surface area contributed by atoms with E-state index in [1.165, 1.54) is 9.75 Å². The first kappa shape index (κ1) is 11.5. The van der Waals surface area contributed by atoms with Crippen LogP contribution in [0.3, 0.4) is 0 Å². The zero-order valence-electron chi connectivity index (χ0n) is 8.38. The third-order valence-corrected chi connectivity index (χ3v) is 5.49. The van der Waals surface area contributed by atoms with Crippen molar-refractivity contribution in [2.75, 3.05) is 0 Å². The van der Waals surface area contributed by atoms with Crippen LogP contribution in [0.15, 0.2) is 24.3 Å². The van der Waals surface area contributed by atoms with Crippen molar-refractivity contribution in [2.24, 2.45) is 0 Å². The maximum atomic E-state index is 5.95. The number of halogens is 2. The van der Waals surface area contributed by atoms with Gasteiger partial charge in [0.05, 0.1) is 8.67 Å². The van der Waals surface area contributed by atoms with Crippen LogP contribution in [0.2, 0.25) is 8.67 Å². The first-order chi connectivity index (χ1) is 7.00. The summed E-state index contributed by atoms with van der Waals surface area (Å²) < 4.78 is 1.67. The predicted molar refractivity (Wildman–Crippen MR) is 70.8 cm³/mol. The van der Waals surface area contributed by atoms with Crippen LogP contribution in [0.25, 0.3) is 0 Å². The Morgan fingerprint density at radius 3 is 1.53 bits per heavy atom. The van der Waals surface area contributed by atoms with Gasteiger partial charge in [-0.3, -0.25) is 0 Å². The Labute approximate surface area is 107 Å². The molecule has 0 aliphatic heterocycles. The maximum absolute atomic E-state index is 5.95. The van der Waals surface area contributed by atoms with E-state index in [1.54, 1.807) is 22.7 Å². The first-order valence-electron chi connectivity index (χ1n) is 4.52. The summed E-state index contributed by atoms with van der Waals surface area (Å²) in [5.74, 6) is 0. The van der Waals surface area contributed by atoms with Gasteiger partial charge in [-0.1, -0.05) is 37.0 Å². The van der Waals surface area contributed by atoms with Crippen molar-refractivity contribution in [2.45, 2.75) is 19.3 Å². The average molecular weight is 277 g/mol. The largest absolute Gasteiger partial charge is 0.127 e. The van der Waals surface area contributed by atoms with Crippen LogP contribution < -0.4 is 0 Å². The maximum Gasteiger partial charge on any atom is 0.0931 e. The fourth-order valence-electron chi connectivity index (χ4n) is 1.42. The molecule has 2 aromatic rings. The molecule has 0 fully saturated rings. The van der Waals surface area contributed by atoms with Crippen LogP contribution in [0.4, 0.5) is 0 Å². The van der Waals surface area contributed by atoms with Crippen molar-refractivity contribution in [3.63, 3.8) is 0 Å². The Kier molecular flexibility index (Phi) is 3.13. The molecule has 0 spiro atoms. The summed E-state index contributed by atoms with van der Waals surface area (Å²) in [6.07, 6.45) is 0. The highest BCUT2D eigenvalue weighted by molar-refractivity contribution is 7.17. The van der Waals surface area contributed by atoms with E-state index in [1.807, 2.05) is 12.1 Å². The normalized spacial score (nSPS) is 12.0. The van der Waals surface area contributed by atoms with Crippen LogP contribution in [0.1, 0.15) is 23.6 Å². The second-order valence-corrected chi connectivity index (χ2v) is 7.26. The van der Waals surface area contributed by atoms with Crippen LogP contribution in [-0.2, 0) is 5.41 Å². The minimum Gasteiger partial charge on any atom is -0.127 e. The molecule has 0 aliphatic carbocycles. The van der Waals surface area contributed by atoms with Gasteiger partial charge in [0, 0.05) is 15.2 Å². The van der Waals surface area contributed by atoms with Gasteiger partial charge in [-0.25, -0.2) is 0 Å². The SMILES string of the molecule is CC(C)(c1ccc(Cl)s1)c1ccc(Cl)s1. The number of rotatable bonds is 2. The van der Waals surface area contributed by atoms with Crippen molar-refractivity contribution in [3.05, 3.63) is 42.7 Å². The molecule has 4 heteroatoms. The molecule has 15 heavy (non-hydrogen) atoms. The Balaban J connectivity index is 2.42. The third-order valence-electron chi connectivity index (χ3n) is 2.38. The predicted octanol–water partition coefficient (Wildman–Crippen LogP) is 5.44.